The maximum Gasteiger partial charge on any atom is 0.248 e. The van der Waals surface area contributed by atoms with E-state index in [0.29, 0.717) is 4.83 Å². The molecule has 1 heterocycles. The number of carbonyl (C=O) groups is 1. The molecular formula is C10H18BrNO2. The molecule has 0 radical (unpaired) electrons. The van der Waals surface area contributed by atoms with Crippen molar-refractivity contribution in [1.29, 1.82) is 0 Å². The van der Waals surface area contributed by atoms with Gasteiger partial charge >= 0.3 is 0 Å². The Morgan fingerprint density at radius 3 is 2.93 bits per heavy atom. The zero-order chi connectivity index (χ0) is 10.6. The first kappa shape index (κ1) is 12.0. The minimum atomic E-state index is 0.114. The second kappa shape index (κ2) is 5.71. The van der Waals surface area contributed by atoms with E-state index in [1.807, 2.05) is 18.7 Å². The highest BCUT2D eigenvalue weighted by Crippen LogP contribution is 2.16. The fourth-order valence-electron chi connectivity index (χ4n) is 1.48. The molecule has 14 heavy (non-hydrogen) atoms. The standard InChI is InChI=1S/C10H18BrNO2/c1-8(2)14-7-10(13)12-5-3-4-9(11)6-12/h8-9H,3-7H2,1-2H3. The molecule has 1 aliphatic rings. The van der Waals surface area contributed by atoms with E-state index in [0.717, 1.165) is 25.9 Å². The molecule has 1 aliphatic heterocycles. The van der Waals surface area contributed by atoms with Crippen LogP contribution in [-0.2, 0) is 9.53 Å². The van der Waals surface area contributed by atoms with Crippen LogP contribution in [0.1, 0.15) is 26.7 Å². The van der Waals surface area contributed by atoms with Crippen molar-refractivity contribution in [3.8, 4) is 0 Å². The number of ether oxygens (including phenoxy) is 1. The summed E-state index contributed by atoms with van der Waals surface area (Å²) < 4.78 is 5.29. The lowest BCUT2D eigenvalue weighted by atomic mass is 10.1. The van der Waals surface area contributed by atoms with Crippen molar-refractivity contribution >= 4 is 21.8 Å². The predicted molar refractivity (Wildman–Crippen MR) is 59.6 cm³/mol. The van der Waals surface area contributed by atoms with Crippen molar-refractivity contribution in [3.63, 3.8) is 0 Å². The highest BCUT2D eigenvalue weighted by atomic mass is 79.9. The molecule has 1 unspecified atom stereocenters. The van der Waals surface area contributed by atoms with Gasteiger partial charge in [-0.05, 0) is 26.7 Å². The van der Waals surface area contributed by atoms with Gasteiger partial charge in [0.2, 0.25) is 5.91 Å². The van der Waals surface area contributed by atoms with Crippen LogP contribution in [-0.4, -0.2) is 41.4 Å². The fraction of sp³-hybridized carbons (Fsp3) is 0.900. The van der Waals surface area contributed by atoms with E-state index in [4.69, 9.17) is 4.74 Å². The predicted octanol–water partition coefficient (Wildman–Crippen LogP) is 1.80. The maximum atomic E-state index is 11.6. The topological polar surface area (TPSA) is 29.5 Å². The normalized spacial score (nSPS) is 22.9. The lowest BCUT2D eigenvalue weighted by Crippen LogP contribution is -2.42. The Kier molecular flexibility index (Phi) is 4.89. The summed E-state index contributed by atoms with van der Waals surface area (Å²) in [6, 6.07) is 0. The van der Waals surface area contributed by atoms with Gasteiger partial charge in [0.15, 0.2) is 0 Å². The van der Waals surface area contributed by atoms with E-state index in [9.17, 15) is 4.79 Å². The quantitative estimate of drug-likeness (QED) is 0.727. The molecule has 0 aliphatic carbocycles. The Labute approximate surface area is 93.9 Å². The highest BCUT2D eigenvalue weighted by Gasteiger charge is 2.21. The number of rotatable bonds is 3. The van der Waals surface area contributed by atoms with Crippen LogP contribution < -0.4 is 0 Å². The first-order valence-corrected chi connectivity index (χ1v) is 6.04. The van der Waals surface area contributed by atoms with E-state index < -0.39 is 0 Å². The minimum Gasteiger partial charge on any atom is -0.369 e. The Hall–Kier alpha value is -0.0900. The molecule has 4 heteroatoms. The molecule has 1 fully saturated rings. The van der Waals surface area contributed by atoms with Gasteiger partial charge < -0.3 is 9.64 Å². The third kappa shape index (κ3) is 3.96. The molecule has 0 saturated carbocycles. The van der Waals surface area contributed by atoms with Gasteiger partial charge in [0.05, 0.1) is 6.10 Å². The van der Waals surface area contributed by atoms with Crippen LogP contribution in [0.3, 0.4) is 0 Å². The summed E-state index contributed by atoms with van der Waals surface area (Å²) in [4.78, 5) is 14.0. The summed E-state index contributed by atoms with van der Waals surface area (Å²) >= 11 is 3.54. The number of amides is 1. The SMILES string of the molecule is CC(C)OCC(=O)N1CCCC(Br)C1. The first-order valence-electron chi connectivity index (χ1n) is 5.13. The van der Waals surface area contributed by atoms with Crippen molar-refractivity contribution < 1.29 is 9.53 Å². The van der Waals surface area contributed by atoms with Gasteiger partial charge in [-0.25, -0.2) is 0 Å². The number of hydrogen-bond donors (Lipinski definition) is 0. The van der Waals surface area contributed by atoms with Crippen molar-refractivity contribution in [3.05, 3.63) is 0 Å². The van der Waals surface area contributed by atoms with Crippen LogP contribution >= 0.6 is 15.9 Å². The van der Waals surface area contributed by atoms with Crippen molar-refractivity contribution in [2.45, 2.75) is 37.6 Å². The van der Waals surface area contributed by atoms with Crippen LogP contribution in [0, 0.1) is 0 Å². The van der Waals surface area contributed by atoms with Crippen molar-refractivity contribution in [1.82, 2.24) is 4.90 Å². The average molecular weight is 264 g/mol. The Bertz CT molecular complexity index is 197. The number of piperidine rings is 1. The van der Waals surface area contributed by atoms with Gasteiger partial charge in [0, 0.05) is 17.9 Å². The molecule has 1 amide bonds. The van der Waals surface area contributed by atoms with Gasteiger partial charge in [0.25, 0.3) is 0 Å². The summed E-state index contributed by atoms with van der Waals surface area (Å²) in [6.07, 6.45) is 2.38. The number of halogens is 1. The molecule has 1 saturated heterocycles. The highest BCUT2D eigenvalue weighted by molar-refractivity contribution is 9.09. The Morgan fingerprint density at radius 1 is 1.64 bits per heavy atom. The van der Waals surface area contributed by atoms with Gasteiger partial charge in [-0.2, -0.15) is 0 Å². The largest absolute Gasteiger partial charge is 0.369 e. The number of hydrogen-bond acceptors (Lipinski definition) is 2. The summed E-state index contributed by atoms with van der Waals surface area (Å²) in [5.41, 5.74) is 0. The summed E-state index contributed by atoms with van der Waals surface area (Å²) in [7, 11) is 0. The van der Waals surface area contributed by atoms with E-state index in [-0.39, 0.29) is 18.6 Å². The smallest absolute Gasteiger partial charge is 0.248 e. The second-order valence-electron chi connectivity index (χ2n) is 3.94. The maximum absolute atomic E-state index is 11.6. The van der Waals surface area contributed by atoms with Crippen LogP contribution in [0.2, 0.25) is 0 Å². The van der Waals surface area contributed by atoms with Crippen LogP contribution in [0.5, 0.6) is 0 Å². The molecule has 0 bridgehead atoms. The van der Waals surface area contributed by atoms with Crippen LogP contribution in [0.4, 0.5) is 0 Å². The zero-order valence-electron chi connectivity index (χ0n) is 8.83. The van der Waals surface area contributed by atoms with Gasteiger partial charge in [0.1, 0.15) is 6.61 Å². The Morgan fingerprint density at radius 2 is 2.36 bits per heavy atom. The first-order chi connectivity index (χ1) is 6.59. The van der Waals surface area contributed by atoms with Gasteiger partial charge in [-0.3, -0.25) is 4.79 Å². The lowest BCUT2D eigenvalue weighted by molar-refractivity contribution is -0.138. The Balaban J connectivity index is 2.29. The molecular weight excluding hydrogens is 246 g/mol. The molecule has 82 valence electrons. The monoisotopic (exact) mass is 263 g/mol. The minimum absolute atomic E-state index is 0.114. The lowest BCUT2D eigenvalue weighted by Gasteiger charge is -2.30. The number of nitrogens with zero attached hydrogens (tertiary/aromatic N) is 1. The summed E-state index contributed by atoms with van der Waals surface area (Å²) in [5, 5.41) is 0. The molecule has 0 aromatic heterocycles. The van der Waals surface area contributed by atoms with E-state index in [2.05, 4.69) is 15.9 Å². The number of likely N-dealkylation sites (tertiary alicyclic amines) is 1. The second-order valence-corrected chi connectivity index (χ2v) is 5.23. The van der Waals surface area contributed by atoms with E-state index >= 15 is 0 Å². The third-order valence-electron chi connectivity index (χ3n) is 2.26. The molecule has 0 spiro atoms. The molecule has 3 nitrogen and oxygen atoms in total. The summed E-state index contributed by atoms with van der Waals surface area (Å²) in [5.74, 6) is 0.114. The van der Waals surface area contributed by atoms with Gasteiger partial charge in [-0.1, -0.05) is 15.9 Å². The van der Waals surface area contributed by atoms with E-state index in [1.54, 1.807) is 0 Å². The van der Waals surface area contributed by atoms with Gasteiger partial charge in [-0.15, -0.1) is 0 Å². The third-order valence-corrected chi connectivity index (χ3v) is 3.00. The zero-order valence-corrected chi connectivity index (χ0v) is 10.4. The van der Waals surface area contributed by atoms with Crippen molar-refractivity contribution in [2.75, 3.05) is 19.7 Å². The van der Waals surface area contributed by atoms with E-state index in [1.165, 1.54) is 0 Å². The summed E-state index contributed by atoms with van der Waals surface area (Å²) in [6.45, 7) is 5.80. The molecule has 0 N–H and O–H groups in total. The van der Waals surface area contributed by atoms with Crippen molar-refractivity contribution in [2.24, 2.45) is 0 Å². The average Bonchev–Trinajstić information content (AvgIpc) is 2.14. The molecule has 0 aromatic carbocycles. The molecule has 0 aromatic rings. The van der Waals surface area contributed by atoms with Crippen LogP contribution in [0.15, 0.2) is 0 Å². The number of carbonyl (C=O) groups excluding carboxylic acids is 1. The molecule has 1 atom stereocenters. The van der Waals surface area contributed by atoms with Crippen LogP contribution in [0.25, 0.3) is 0 Å². The molecule has 1 rings (SSSR count). The fourth-order valence-corrected chi connectivity index (χ4v) is 2.15. The number of alkyl halides is 1.